The minimum Gasteiger partial charge on any atom is -0.469 e. The zero-order valence-corrected chi connectivity index (χ0v) is 10.5. The van der Waals surface area contributed by atoms with Crippen molar-refractivity contribution in [2.24, 2.45) is 0 Å². The SMILES string of the molecule is CCOC(=O)c1cnc2nc(CC(=O)OC)nn2c1. The molecule has 8 heteroatoms. The van der Waals surface area contributed by atoms with E-state index >= 15 is 0 Å². The summed E-state index contributed by atoms with van der Waals surface area (Å²) in [5, 5.41) is 4.04. The molecule has 2 rings (SSSR count). The molecule has 8 nitrogen and oxygen atoms in total. The number of aromatic nitrogens is 4. The molecule has 0 fully saturated rings. The van der Waals surface area contributed by atoms with Crippen LogP contribution >= 0.6 is 0 Å². The van der Waals surface area contributed by atoms with Crippen LogP contribution in [0.3, 0.4) is 0 Å². The normalized spacial score (nSPS) is 10.4. The van der Waals surface area contributed by atoms with Gasteiger partial charge in [-0.25, -0.2) is 14.3 Å². The first-order chi connectivity index (χ1) is 9.13. The maximum absolute atomic E-state index is 11.5. The first kappa shape index (κ1) is 12.9. The van der Waals surface area contributed by atoms with Crippen molar-refractivity contribution in [1.82, 2.24) is 19.6 Å². The van der Waals surface area contributed by atoms with E-state index in [1.807, 2.05) is 0 Å². The number of ether oxygens (including phenoxy) is 2. The van der Waals surface area contributed by atoms with Crippen molar-refractivity contribution in [3.8, 4) is 0 Å². The molecule has 100 valence electrons. The second kappa shape index (κ2) is 5.42. The monoisotopic (exact) mass is 264 g/mol. The molecular weight excluding hydrogens is 252 g/mol. The van der Waals surface area contributed by atoms with Gasteiger partial charge in [0.1, 0.15) is 6.42 Å². The van der Waals surface area contributed by atoms with E-state index in [1.54, 1.807) is 6.92 Å². The largest absolute Gasteiger partial charge is 0.469 e. The van der Waals surface area contributed by atoms with Gasteiger partial charge in [0.2, 0.25) is 0 Å². The predicted octanol–water partition coefficient (Wildman–Crippen LogP) is 0.0165. The number of nitrogens with zero attached hydrogens (tertiary/aromatic N) is 4. The minimum absolute atomic E-state index is 0.0470. The van der Waals surface area contributed by atoms with Gasteiger partial charge < -0.3 is 9.47 Å². The Morgan fingerprint density at radius 3 is 2.89 bits per heavy atom. The third-order valence-electron chi connectivity index (χ3n) is 2.28. The Labute approximate surface area is 108 Å². The number of carbonyl (C=O) groups is 2. The van der Waals surface area contributed by atoms with Gasteiger partial charge in [0.05, 0.1) is 19.3 Å². The Balaban J connectivity index is 2.28. The van der Waals surface area contributed by atoms with Crippen LogP contribution in [0, 0.1) is 0 Å². The second-order valence-corrected chi connectivity index (χ2v) is 3.59. The Morgan fingerprint density at radius 2 is 2.21 bits per heavy atom. The number of fused-ring (bicyclic) bond motifs is 1. The van der Waals surface area contributed by atoms with E-state index in [-0.39, 0.29) is 24.4 Å². The summed E-state index contributed by atoms with van der Waals surface area (Å²) in [6.07, 6.45) is 2.76. The number of carbonyl (C=O) groups excluding carboxylic acids is 2. The molecule has 0 aliphatic rings. The third-order valence-corrected chi connectivity index (χ3v) is 2.28. The van der Waals surface area contributed by atoms with Crippen LogP contribution in [0.2, 0.25) is 0 Å². The van der Waals surface area contributed by atoms with E-state index in [4.69, 9.17) is 4.74 Å². The first-order valence-electron chi connectivity index (χ1n) is 5.59. The molecule has 0 unspecified atom stereocenters. The van der Waals surface area contributed by atoms with Crippen LogP contribution in [0.1, 0.15) is 23.1 Å². The topological polar surface area (TPSA) is 95.7 Å². The van der Waals surface area contributed by atoms with Gasteiger partial charge in [-0.05, 0) is 6.92 Å². The molecule has 0 amide bonds. The first-order valence-corrected chi connectivity index (χ1v) is 5.59. The lowest BCUT2D eigenvalue weighted by atomic mass is 10.3. The quantitative estimate of drug-likeness (QED) is 0.718. The van der Waals surface area contributed by atoms with Crippen LogP contribution in [-0.4, -0.2) is 45.2 Å². The molecule has 0 aromatic carbocycles. The van der Waals surface area contributed by atoms with Crippen molar-refractivity contribution in [3.05, 3.63) is 23.8 Å². The van der Waals surface area contributed by atoms with Gasteiger partial charge in [0, 0.05) is 12.4 Å². The second-order valence-electron chi connectivity index (χ2n) is 3.59. The molecule has 0 atom stereocenters. The van der Waals surface area contributed by atoms with Crippen LogP contribution in [0.25, 0.3) is 5.78 Å². The van der Waals surface area contributed by atoms with Crippen LogP contribution in [-0.2, 0) is 20.7 Å². The Hall–Kier alpha value is -2.51. The molecule has 19 heavy (non-hydrogen) atoms. The molecule has 0 saturated carbocycles. The highest BCUT2D eigenvalue weighted by molar-refractivity contribution is 5.88. The van der Waals surface area contributed by atoms with Gasteiger partial charge in [-0.1, -0.05) is 0 Å². The van der Waals surface area contributed by atoms with E-state index in [0.717, 1.165) is 0 Å². The number of hydrogen-bond donors (Lipinski definition) is 0. The summed E-state index contributed by atoms with van der Waals surface area (Å²) in [6.45, 7) is 2.00. The summed E-state index contributed by atoms with van der Waals surface area (Å²) in [5.74, 6) is -0.351. The number of esters is 2. The fourth-order valence-electron chi connectivity index (χ4n) is 1.42. The van der Waals surface area contributed by atoms with Gasteiger partial charge in [-0.15, -0.1) is 5.10 Å². The lowest BCUT2D eigenvalue weighted by Gasteiger charge is -2.00. The molecule has 2 aromatic heterocycles. The summed E-state index contributed by atoms with van der Waals surface area (Å²) < 4.78 is 10.7. The van der Waals surface area contributed by atoms with Crippen molar-refractivity contribution in [2.45, 2.75) is 13.3 Å². The third kappa shape index (κ3) is 2.84. The van der Waals surface area contributed by atoms with Crippen molar-refractivity contribution in [2.75, 3.05) is 13.7 Å². The van der Waals surface area contributed by atoms with Gasteiger partial charge in [-0.2, -0.15) is 4.98 Å². The summed E-state index contributed by atoms with van der Waals surface area (Å²) in [7, 11) is 1.29. The average Bonchev–Trinajstić information content (AvgIpc) is 2.79. The van der Waals surface area contributed by atoms with Crippen molar-refractivity contribution in [1.29, 1.82) is 0 Å². The fourth-order valence-corrected chi connectivity index (χ4v) is 1.42. The molecule has 0 spiro atoms. The number of methoxy groups -OCH3 is 1. The summed E-state index contributed by atoms with van der Waals surface area (Å²) in [4.78, 5) is 30.6. The lowest BCUT2D eigenvalue weighted by molar-refractivity contribution is -0.139. The van der Waals surface area contributed by atoms with Crippen molar-refractivity contribution < 1.29 is 19.1 Å². The van der Waals surface area contributed by atoms with Crippen LogP contribution < -0.4 is 0 Å². The number of hydrogen-bond acceptors (Lipinski definition) is 7. The highest BCUT2D eigenvalue weighted by atomic mass is 16.5. The Morgan fingerprint density at radius 1 is 1.42 bits per heavy atom. The molecule has 0 saturated heterocycles. The highest BCUT2D eigenvalue weighted by Gasteiger charge is 2.13. The molecule has 0 aliphatic heterocycles. The predicted molar refractivity (Wildman–Crippen MR) is 62.5 cm³/mol. The summed E-state index contributed by atoms with van der Waals surface area (Å²) in [5.41, 5.74) is 0.267. The van der Waals surface area contributed by atoms with Gasteiger partial charge >= 0.3 is 11.9 Å². The van der Waals surface area contributed by atoms with Gasteiger partial charge in [-0.3, -0.25) is 4.79 Å². The molecule has 0 aliphatic carbocycles. The molecule has 2 heterocycles. The van der Waals surface area contributed by atoms with Crippen molar-refractivity contribution >= 4 is 17.7 Å². The molecule has 0 N–H and O–H groups in total. The van der Waals surface area contributed by atoms with Crippen LogP contribution in [0.15, 0.2) is 12.4 Å². The summed E-state index contributed by atoms with van der Waals surface area (Å²) >= 11 is 0. The fraction of sp³-hybridized carbons (Fsp3) is 0.364. The Bertz CT molecular complexity index is 622. The van der Waals surface area contributed by atoms with Crippen LogP contribution in [0.5, 0.6) is 0 Å². The van der Waals surface area contributed by atoms with Gasteiger partial charge in [0.15, 0.2) is 5.82 Å². The van der Waals surface area contributed by atoms with Crippen LogP contribution in [0.4, 0.5) is 0 Å². The van der Waals surface area contributed by atoms with Gasteiger partial charge in [0.25, 0.3) is 5.78 Å². The smallest absolute Gasteiger partial charge is 0.341 e. The van der Waals surface area contributed by atoms with E-state index in [2.05, 4.69) is 19.8 Å². The van der Waals surface area contributed by atoms with E-state index in [0.29, 0.717) is 5.78 Å². The minimum atomic E-state index is -0.484. The van der Waals surface area contributed by atoms with E-state index in [9.17, 15) is 9.59 Å². The molecule has 0 radical (unpaired) electrons. The summed E-state index contributed by atoms with van der Waals surface area (Å²) in [6, 6.07) is 0. The maximum Gasteiger partial charge on any atom is 0.341 e. The molecular formula is C11H12N4O4. The number of rotatable bonds is 4. The standard InChI is InChI=1S/C11H12N4O4/c1-3-19-10(17)7-5-12-11-13-8(4-9(16)18-2)14-15(11)6-7/h5-6H,3-4H2,1-2H3. The highest BCUT2D eigenvalue weighted by Crippen LogP contribution is 2.04. The Kier molecular flexibility index (Phi) is 3.69. The lowest BCUT2D eigenvalue weighted by Crippen LogP contribution is -2.07. The van der Waals surface area contributed by atoms with E-state index in [1.165, 1.54) is 24.0 Å². The molecule has 2 aromatic rings. The average molecular weight is 264 g/mol. The maximum atomic E-state index is 11.5. The molecule has 0 bridgehead atoms. The van der Waals surface area contributed by atoms with Crippen molar-refractivity contribution in [3.63, 3.8) is 0 Å². The van der Waals surface area contributed by atoms with E-state index < -0.39 is 11.9 Å². The zero-order valence-electron chi connectivity index (χ0n) is 10.5. The zero-order chi connectivity index (χ0) is 13.8.